The van der Waals surface area contributed by atoms with E-state index < -0.39 is 23.9 Å². The summed E-state index contributed by atoms with van der Waals surface area (Å²) in [5, 5.41) is 19.5. The molecule has 0 aromatic heterocycles. The molecule has 0 aromatic carbocycles. The molecular weight excluding hydrogens is 240 g/mol. The molecule has 4 N–H and O–H groups in total. The van der Waals surface area contributed by atoms with Crippen molar-refractivity contribution < 1.29 is 19.5 Å². The third kappa shape index (κ3) is 6.32. The molecule has 0 heterocycles. The Labute approximate surface area is 104 Å². The first-order valence-corrected chi connectivity index (χ1v) is 5.28. The number of rotatable bonds is 7. The number of carboxylic acids is 1. The number of amides is 3. The summed E-state index contributed by atoms with van der Waals surface area (Å²) >= 11 is 0. The Kier molecular flexibility index (Phi) is 6.88. The maximum atomic E-state index is 11.5. The number of nitrogens with one attached hydrogen (secondary N) is 1. The number of primary amides is 1. The van der Waals surface area contributed by atoms with Gasteiger partial charge < -0.3 is 21.1 Å². The molecule has 3 amide bonds. The second-order valence-electron chi connectivity index (χ2n) is 3.67. The summed E-state index contributed by atoms with van der Waals surface area (Å²) in [6.07, 6.45) is -0.0371. The van der Waals surface area contributed by atoms with Crippen LogP contribution in [0.2, 0.25) is 0 Å². The van der Waals surface area contributed by atoms with Crippen LogP contribution in [-0.2, 0) is 9.59 Å². The number of hydrogen-bond donors (Lipinski definition) is 3. The largest absolute Gasteiger partial charge is 0.480 e. The SMILES string of the molecule is CN(CCC#N)C(=O)NC(CCC(N)=O)C(=O)O. The van der Waals surface area contributed by atoms with Gasteiger partial charge in [0.1, 0.15) is 6.04 Å². The van der Waals surface area contributed by atoms with E-state index in [-0.39, 0.29) is 25.8 Å². The standard InChI is InChI=1S/C10H16N4O4/c1-14(6-2-5-11)10(18)13-7(9(16)17)3-4-8(12)15/h7H,2-4,6H2,1H3,(H2,12,15)(H,13,18)(H,16,17). The predicted molar refractivity (Wildman–Crippen MR) is 61.2 cm³/mol. The summed E-state index contributed by atoms with van der Waals surface area (Å²) in [7, 11) is 1.44. The predicted octanol–water partition coefficient (Wildman–Crippen LogP) is -0.740. The summed E-state index contributed by atoms with van der Waals surface area (Å²) in [6, 6.07) is 0.0896. The fourth-order valence-electron chi connectivity index (χ4n) is 1.12. The van der Waals surface area contributed by atoms with Crippen molar-refractivity contribution >= 4 is 17.9 Å². The summed E-state index contributed by atoms with van der Waals surface area (Å²) in [6.45, 7) is 0.199. The van der Waals surface area contributed by atoms with Crippen LogP contribution in [-0.4, -0.2) is 47.5 Å². The molecule has 1 atom stereocenters. The van der Waals surface area contributed by atoms with E-state index >= 15 is 0 Å². The van der Waals surface area contributed by atoms with Gasteiger partial charge in [-0.05, 0) is 6.42 Å². The lowest BCUT2D eigenvalue weighted by atomic mass is 10.1. The van der Waals surface area contributed by atoms with Crippen LogP contribution in [0.3, 0.4) is 0 Å². The Morgan fingerprint density at radius 3 is 2.56 bits per heavy atom. The Hall–Kier alpha value is -2.30. The number of carbonyl (C=O) groups is 3. The average Bonchev–Trinajstić information content (AvgIpc) is 2.30. The number of carbonyl (C=O) groups excluding carboxylic acids is 2. The van der Waals surface area contributed by atoms with Crippen molar-refractivity contribution in [1.29, 1.82) is 5.26 Å². The Balaban J connectivity index is 4.31. The van der Waals surface area contributed by atoms with Gasteiger partial charge in [0, 0.05) is 20.0 Å². The molecule has 18 heavy (non-hydrogen) atoms. The van der Waals surface area contributed by atoms with Gasteiger partial charge in [0.2, 0.25) is 5.91 Å². The van der Waals surface area contributed by atoms with Crippen molar-refractivity contribution in [2.45, 2.75) is 25.3 Å². The van der Waals surface area contributed by atoms with Crippen LogP contribution < -0.4 is 11.1 Å². The van der Waals surface area contributed by atoms with Crippen LogP contribution in [0.15, 0.2) is 0 Å². The van der Waals surface area contributed by atoms with Gasteiger partial charge in [0.25, 0.3) is 0 Å². The van der Waals surface area contributed by atoms with Crippen LogP contribution in [0.5, 0.6) is 0 Å². The highest BCUT2D eigenvalue weighted by atomic mass is 16.4. The zero-order valence-electron chi connectivity index (χ0n) is 10.0. The van der Waals surface area contributed by atoms with Crippen molar-refractivity contribution in [1.82, 2.24) is 10.2 Å². The first-order valence-electron chi connectivity index (χ1n) is 5.28. The van der Waals surface area contributed by atoms with Crippen LogP contribution in [0.25, 0.3) is 0 Å². The Morgan fingerprint density at radius 2 is 2.11 bits per heavy atom. The van der Waals surface area contributed by atoms with E-state index in [1.165, 1.54) is 11.9 Å². The molecule has 100 valence electrons. The third-order valence-electron chi connectivity index (χ3n) is 2.18. The minimum Gasteiger partial charge on any atom is -0.480 e. The van der Waals surface area contributed by atoms with Crippen molar-refractivity contribution in [2.24, 2.45) is 5.73 Å². The van der Waals surface area contributed by atoms with Gasteiger partial charge in [0.05, 0.1) is 12.5 Å². The molecule has 8 heteroatoms. The molecule has 0 aliphatic carbocycles. The zero-order chi connectivity index (χ0) is 14.1. The highest BCUT2D eigenvalue weighted by molar-refractivity contribution is 5.83. The van der Waals surface area contributed by atoms with Crippen molar-refractivity contribution in [3.05, 3.63) is 0 Å². The number of nitrogens with zero attached hydrogens (tertiary/aromatic N) is 2. The monoisotopic (exact) mass is 256 g/mol. The topological polar surface area (TPSA) is 137 Å². The molecular formula is C10H16N4O4. The first kappa shape index (κ1) is 15.7. The lowest BCUT2D eigenvalue weighted by Gasteiger charge is -2.20. The first-order chi connectivity index (χ1) is 8.38. The highest BCUT2D eigenvalue weighted by Gasteiger charge is 2.21. The summed E-state index contributed by atoms with van der Waals surface area (Å²) < 4.78 is 0. The van der Waals surface area contributed by atoms with E-state index in [9.17, 15) is 14.4 Å². The number of nitrogens with two attached hydrogens (primary N) is 1. The molecule has 0 spiro atoms. The molecule has 0 saturated heterocycles. The molecule has 0 rings (SSSR count). The Morgan fingerprint density at radius 1 is 1.50 bits per heavy atom. The highest BCUT2D eigenvalue weighted by Crippen LogP contribution is 1.99. The number of aliphatic carboxylic acids is 1. The second-order valence-corrected chi connectivity index (χ2v) is 3.67. The van der Waals surface area contributed by atoms with Crippen molar-refractivity contribution in [3.8, 4) is 6.07 Å². The lowest BCUT2D eigenvalue weighted by molar-refractivity contribution is -0.139. The van der Waals surface area contributed by atoms with Gasteiger partial charge in [-0.25, -0.2) is 9.59 Å². The molecule has 0 aliphatic rings. The fraction of sp³-hybridized carbons (Fsp3) is 0.600. The molecule has 0 radical (unpaired) electrons. The smallest absolute Gasteiger partial charge is 0.326 e. The van der Waals surface area contributed by atoms with Gasteiger partial charge in [-0.1, -0.05) is 0 Å². The van der Waals surface area contributed by atoms with Crippen molar-refractivity contribution in [3.63, 3.8) is 0 Å². The van der Waals surface area contributed by atoms with Crippen LogP contribution in [0, 0.1) is 11.3 Å². The number of nitriles is 1. The molecule has 0 aliphatic heterocycles. The average molecular weight is 256 g/mol. The molecule has 0 bridgehead atoms. The number of urea groups is 1. The van der Waals surface area contributed by atoms with E-state index in [4.69, 9.17) is 16.1 Å². The minimum atomic E-state index is -1.24. The number of hydrogen-bond acceptors (Lipinski definition) is 4. The zero-order valence-corrected chi connectivity index (χ0v) is 10.0. The van der Waals surface area contributed by atoms with Crippen LogP contribution >= 0.6 is 0 Å². The third-order valence-corrected chi connectivity index (χ3v) is 2.18. The van der Waals surface area contributed by atoms with Gasteiger partial charge >= 0.3 is 12.0 Å². The van der Waals surface area contributed by atoms with E-state index in [2.05, 4.69) is 5.32 Å². The van der Waals surface area contributed by atoms with Gasteiger partial charge in [-0.2, -0.15) is 5.26 Å². The summed E-state index contributed by atoms with van der Waals surface area (Å²) in [5.41, 5.74) is 4.91. The van der Waals surface area contributed by atoms with Gasteiger partial charge in [-0.3, -0.25) is 4.79 Å². The van der Waals surface area contributed by atoms with E-state index in [1.807, 2.05) is 6.07 Å². The molecule has 0 aromatic rings. The lowest BCUT2D eigenvalue weighted by Crippen LogP contribution is -2.47. The normalized spacial score (nSPS) is 11.1. The van der Waals surface area contributed by atoms with Crippen LogP contribution in [0.1, 0.15) is 19.3 Å². The molecule has 8 nitrogen and oxygen atoms in total. The Bertz CT molecular complexity index is 363. The molecule has 0 saturated carbocycles. The fourth-order valence-corrected chi connectivity index (χ4v) is 1.12. The minimum absolute atomic E-state index is 0.0670. The summed E-state index contributed by atoms with van der Waals surface area (Å²) in [4.78, 5) is 34.1. The van der Waals surface area contributed by atoms with E-state index in [0.717, 1.165) is 0 Å². The maximum absolute atomic E-state index is 11.5. The van der Waals surface area contributed by atoms with E-state index in [0.29, 0.717) is 0 Å². The number of carboxylic acid groups (broad SMARTS) is 1. The second kappa shape index (κ2) is 7.89. The van der Waals surface area contributed by atoms with Gasteiger partial charge in [-0.15, -0.1) is 0 Å². The van der Waals surface area contributed by atoms with Gasteiger partial charge in [0.15, 0.2) is 0 Å². The van der Waals surface area contributed by atoms with Crippen LogP contribution in [0.4, 0.5) is 4.79 Å². The van der Waals surface area contributed by atoms with E-state index in [1.54, 1.807) is 0 Å². The van der Waals surface area contributed by atoms with Crippen molar-refractivity contribution in [2.75, 3.05) is 13.6 Å². The maximum Gasteiger partial charge on any atom is 0.326 e. The quantitative estimate of drug-likeness (QED) is 0.551. The molecule has 0 fully saturated rings. The summed E-state index contributed by atoms with van der Waals surface area (Å²) in [5.74, 6) is -1.87. The molecule has 1 unspecified atom stereocenters.